The van der Waals surface area contributed by atoms with Gasteiger partial charge in [-0.2, -0.15) is 5.26 Å². The van der Waals surface area contributed by atoms with Crippen LogP contribution in [0.4, 0.5) is 26.1 Å². The topological polar surface area (TPSA) is 64.8 Å². The first-order valence-corrected chi connectivity index (χ1v) is 5.27. The van der Waals surface area contributed by atoms with Crippen molar-refractivity contribution in [2.45, 2.75) is 0 Å². The van der Waals surface area contributed by atoms with Gasteiger partial charge in [-0.25, -0.2) is 18.7 Å². The number of benzene rings is 1. The summed E-state index contributed by atoms with van der Waals surface area (Å²) >= 11 is 0. The molecule has 1 heterocycles. The normalized spacial score (nSPS) is 9.79. The van der Waals surface area contributed by atoms with E-state index in [2.05, 4.69) is 15.3 Å². The molecule has 1 N–H and O–H groups in total. The second kappa shape index (κ2) is 5.27. The summed E-state index contributed by atoms with van der Waals surface area (Å²) in [7, 11) is 1.54. The van der Waals surface area contributed by atoms with E-state index in [0.29, 0.717) is 5.82 Å². The van der Waals surface area contributed by atoms with Gasteiger partial charge in [0.1, 0.15) is 29.6 Å². The van der Waals surface area contributed by atoms with Crippen LogP contribution in [-0.2, 0) is 0 Å². The van der Waals surface area contributed by atoms with Gasteiger partial charge in [0.2, 0.25) is 0 Å². The Morgan fingerprint density at radius 1 is 1.26 bits per heavy atom. The molecule has 0 fully saturated rings. The minimum atomic E-state index is -0.572. The maximum absolute atomic E-state index is 13.6. The van der Waals surface area contributed by atoms with Gasteiger partial charge in [-0.05, 0) is 12.1 Å². The Labute approximate surface area is 108 Å². The Bertz CT molecular complexity index is 638. The number of hydrogen-bond acceptors (Lipinski definition) is 5. The van der Waals surface area contributed by atoms with Crippen LogP contribution < -0.4 is 10.2 Å². The number of nitrogens with zero attached hydrogens (tertiary/aromatic N) is 4. The van der Waals surface area contributed by atoms with Gasteiger partial charge in [-0.15, -0.1) is 0 Å². The first-order valence-electron chi connectivity index (χ1n) is 5.27. The summed E-state index contributed by atoms with van der Waals surface area (Å²) in [4.78, 5) is 9.11. The van der Waals surface area contributed by atoms with Crippen molar-refractivity contribution in [3.05, 3.63) is 42.2 Å². The molecule has 19 heavy (non-hydrogen) atoms. The molecule has 7 heteroatoms. The molecular weight excluding hydrogens is 252 g/mol. The molecule has 0 radical (unpaired) electrons. The highest BCUT2D eigenvalue weighted by Crippen LogP contribution is 2.26. The fourth-order valence-corrected chi connectivity index (χ4v) is 1.52. The third-order valence-electron chi connectivity index (χ3n) is 2.45. The van der Waals surface area contributed by atoms with E-state index in [4.69, 9.17) is 5.26 Å². The van der Waals surface area contributed by atoms with Crippen molar-refractivity contribution in [1.82, 2.24) is 9.97 Å². The van der Waals surface area contributed by atoms with Crippen molar-refractivity contribution in [3.8, 4) is 6.19 Å². The predicted octanol–water partition coefficient (Wildman–Crippen LogP) is 2.42. The molecule has 96 valence electrons. The fourth-order valence-electron chi connectivity index (χ4n) is 1.52. The van der Waals surface area contributed by atoms with Crippen LogP contribution in [0.5, 0.6) is 0 Å². The van der Waals surface area contributed by atoms with Crippen molar-refractivity contribution in [2.24, 2.45) is 0 Å². The van der Waals surface area contributed by atoms with Gasteiger partial charge >= 0.3 is 0 Å². The van der Waals surface area contributed by atoms with E-state index in [1.54, 1.807) is 6.19 Å². The quantitative estimate of drug-likeness (QED) is 0.679. The Balaban J connectivity index is 2.38. The molecule has 0 aliphatic carbocycles. The largest absolute Gasteiger partial charge is 0.327 e. The van der Waals surface area contributed by atoms with E-state index in [1.807, 2.05) is 0 Å². The highest BCUT2D eigenvalue weighted by atomic mass is 19.1. The molecule has 0 spiro atoms. The van der Waals surface area contributed by atoms with Gasteiger partial charge in [-0.3, -0.25) is 5.32 Å². The third-order valence-corrected chi connectivity index (χ3v) is 2.45. The van der Waals surface area contributed by atoms with Crippen LogP contribution in [0.15, 0.2) is 30.6 Å². The molecule has 0 saturated carbocycles. The maximum atomic E-state index is 13.6. The van der Waals surface area contributed by atoms with Gasteiger partial charge in [0, 0.05) is 19.2 Å². The summed E-state index contributed by atoms with van der Waals surface area (Å²) in [6, 6.07) is 4.59. The van der Waals surface area contributed by atoms with Crippen LogP contribution in [0.3, 0.4) is 0 Å². The Morgan fingerprint density at radius 3 is 2.79 bits per heavy atom. The van der Waals surface area contributed by atoms with Gasteiger partial charge in [0.15, 0.2) is 6.19 Å². The monoisotopic (exact) mass is 261 g/mol. The lowest BCUT2D eigenvalue weighted by molar-refractivity contribution is 0.600. The van der Waals surface area contributed by atoms with Crippen LogP contribution >= 0.6 is 0 Å². The fraction of sp³-hybridized carbons (Fsp3) is 0.0833. The van der Waals surface area contributed by atoms with Gasteiger partial charge in [0.05, 0.1) is 5.69 Å². The summed E-state index contributed by atoms with van der Waals surface area (Å²) in [6.45, 7) is 0. The number of nitrogens with one attached hydrogen (secondary N) is 1. The zero-order valence-corrected chi connectivity index (χ0v) is 9.93. The van der Waals surface area contributed by atoms with Crippen molar-refractivity contribution < 1.29 is 8.78 Å². The Hall–Kier alpha value is -2.75. The van der Waals surface area contributed by atoms with E-state index < -0.39 is 11.6 Å². The average Bonchev–Trinajstić information content (AvgIpc) is 2.41. The van der Waals surface area contributed by atoms with E-state index in [9.17, 15) is 8.78 Å². The summed E-state index contributed by atoms with van der Waals surface area (Å²) in [6.07, 6.45) is 2.94. The van der Waals surface area contributed by atoms with Crippen LogP contribution in [0, 0.1) is 23.1 Å². The molecule has 0 aliphatic heterocycles. The van der Waals surface area contributed by atoms with Gasteiger partial charge in [-0.1, -0.05) is 0 Å². The molecule has 2 aromatic rings. The van der Waals surface area contributed by atoms with E-state index in [-0.39, 0.29) is 11.5 Å². The smallest absolute Gasteiger partial charge is 0.182 e. The van der Waals surface area contributed by atoms with Crippen LogP contribution in [0.25, 0.3) is 0 Å². The molecule has 0 unspecified atom stereocenters. The molecule has 0 aliphatic rings. The van der Waals surface area contributed by atoms with Gasteiger partial charge < -0.3 is 4.90 Å². The Morgan fingerprint density at radius 2 is 2.05 bits per heavy atom. The zero-order valence-electron chi connectivity index (χ0n) is 9.93. The molecule has 1 aromatic heterocycles. The number of halogens is 2. The number of hydrogen-bond donors (Lipinski definition) is 1. The second-order valence-electron chi connectivity index (χ2n) is 3.65. The predicted molar refractivity (Wildman–Crippen MR) is 65.7 cm³/mol. The first kappa shape index (κ1) is 12.7. The average molecular weight is 261 g/mol. The number of aromatic nitrogens is 2. The van der Waals surface area contributed by atoms with E-state index >= 15 is 0 Å². The van der Waals surface area contributed by atoms with Crippen LogP contribution in [-0.4, -0.2) is 17.0 Å². The van der Waals surface area contributed by atoms with Crippen molar-refractivity contribution in [2.75, 3.05) is 17.3 Å². The first-order chi connectivity index (χ1) is 9.11. The molecule has 2 rings (SSSR count). The summed E-state index contributed by atoms with van der Waals surface area (Å²) in [5, 5.41) is 10.8. The molecule has 5 nitrogen and oxygen atoms in total. The number of nitriles is 1. The number of anilines is 3. The van der Waals surface area contributed by atoms with Crippen molar-refractivity contribution in [1.29, 1.82) is 5.26 Å². The SMILES string of the molecule is CN(c1cc(NC#N)ncn1)c1cc(F)ccc1F. The highest BCUT2D eigenvalue weighted by Gasteiger charge is 2.12. The van der Waals surface area contributed by atoms with Crippen molar-refractivity contribution >= 4 is 17.3 Å². The van der Waals surface area contributed by atoms with E-state index in [1.165, 1.54) is 24.3 Å². The summed E-state index contributed by atoms with van der Waals surface area (Å²) in [5.74, 6) is -0.515. The van der Waals surface area contributed by atoms with Crippen molar-refractivity contribution in [3.63, 3.8) is 0 Å². The molecule has 1 aromatic carbocycles. The van der Waals surface area contributed by atoms with E-state index in [0.717, 1.165) is 18.2 Å². The second-order valence-corrected chi connectivity index (χ2v) is 3.65. The molecule has 0 saturated heterocycles. The minimum Gasteiger partial charge on any atom is -0.327 e. The maximum Gasteiger partial charge on any atom is 0.182 e. The molecular formula is C12H9F2N5. The lowest BCUT2D eigenvalue weighted by Gasteiger charge is -2.19. The number of rotatable bonds is 3. The van der Waals surface area contributed by atoms with Gasteiger partial charge in [0.25, 0.3) is 0 Å². The highest BCUT2D eigenvalue weighted by molar-refractivity contribution is 5.62. The standard InChI is InChI=1S/C12H9F2N5/c1-19(10-4-8(13)2-3-9(10)14)12-5-11(16-6-15)17-7-18-12/h2-5,7H,1H3,(H,16,17,18). The Kier molecular flexibility index (Phi) is 3.52. The summed E-state index contributed by atoms with van der Waals surface area (Å²) in [5.41, 5.74) is 0.0432. The summed E-state index contributed by atoms with van der Waals surface area (Å²) < 4.78 is 26.8. The molecule has 0 atom stereocenters. The minimum absolute atomic E-state index is 0.0432. The molecule has 0 bridgehead atoms. The third kappa shape index (κ3) is 2.74. The zero-order chi connectivity index (χ0) is 13.8. The van der Waals surface area contributed by atoms with Crippen LogP contribution in [0.1, 0.15) is 0 Å². The van der Waals surface area contributed by atoms with Crippen LogP contribution in [0.2, 0.25) is 0 Å². The molecule has 0 amide bonds. The lowest BCUT2D eigenvalue weighted by atomic mass is 10.2. The lowest BCUT2D eigenvalue weighted by Crippen LogP contribution is -2.13.